The van der Waals surface area contributed by atoms with Crippen molar-refractivity contribution >= 4 is 6.08 Å². The SMILES string of the molecule is [N-]=[N+]=NCC=Cc1ccc(=O)[nH]n1. The summed E-state index contributed by atoms with van der Waals surface area (Å²) in [6, 6.07) is 2.95. The van der Waals surface area contributed by atoms with Crippen LogP contribution in [0.15, 0.2) is 28.1 Å². The van der Waals surface area contributed by atoms with Gasteiger partial charge in [-0.2, -0.15) is 5.10 Å². The molecule has 0 aliphatic rings. The van der Waals surface area contributed by atoms with Crippen molar-refractivity contribution in [3.8, 4) is 0 Å². The van der Waals surface area contributed by atoms with Crippen LogP contribution in [-0.4, -0.2) is 16.7 Å². The minimum Gasteiger partial charge on any atom is -0.268 e. The second-order valence-corrected chi connectivity index (χ2v) is 2.16. The van der Waals surface area contributed by atoms with Crippen LogP contribution in [0.5, 0.6) is 0 Å². The summed E-state index contributed by atoms with van der Waals surface area (Å²) >= 11 is 0. The minimum atomic E-state index is -0.243. The van der Waals surface area contributed by atoms with E-state index in [-0.39, 0.29) is 12.1 Å². The topological polar surface area (TPSA) is 94.5 Å². The van der Waals surface area contributed by atoms with Crippen LogP contribution in [0.3, 0.4) is 0 Å². The predicted octanol–water partition coefficient (Wildman–Crippen LogP) is 1.09. The highest BCUT2D eigenvalue weighted by Gasteiger charge is 1.86. The molecule has 0 bridgehead atoms. The Kier molecular flexibility index (Phi) is 3.29. The van der Waals surface area contributed by atoms with E-state index in [0.29, 0.717) is 5.69 Å². The summed E-state index contributed by atoms with van der Waals surface area (Å²) in [5.41, 5.74) is 8.34. The molecule has 1 N–H and O–H groups in total. The van der Waals surface area contributed by atoms with Gasteiger partial charge >= 0.3 is 0 Å². The molecule has 0 aliphatic carbocycles. The van der Waals surface area contributed by atoms with Gasteiger partial charge in [0.25, 0.3) is 5.56 Å². The van der Waals surface area contributed by atoms with Crippen molar-refractivity contribution in [1.82, 2.24) is 10.2 Å². The molecule has 0 saturated heterocycles. The number of aromatic nitrogens is 2. The molecule has 1 heterocycles. The fourth-order valence-electron chi connectivity index (χ4n) is 0.705. The molecule has 0 aliphatic heterocycles. The van der Waals surface area contributed by atoms with Gasteiger partial charge < -0.3 is 0 Å². The Hall–Kier alpha value is -2.07. The third-order valence-corrected chi connectivity index (χ3v) is 1.24. The number of azide groups is 1. The summed E-state index contributed by atoms with van der Waals surface area (Å²) in [6.45, 7) is 0.275. The van der Waals surface area contributed by atoms with E-state index in [1.54, 1.807) is 18.2 Å². The van der Waals surface area contributed by atoms with Gasteiger partial charge in [-0.15, -0.1) is 0 Å². The lowest BCUT2D eigenvalue weighted by Crippen LogP contribution is -2.05. The van der Waals surface area contributed by atoms with E-state index in [1.807, 2.05) is 0 Å². The normalized spacial score (nSPS) is 9.85. The average molecular weight is 177 g/mol. The summed E-state index contributed by atoms with van der Waals surface area (Å²) < 4.78 is 0. The highest BCUT2D eigenvalue weighted by atomic mass is 16.1. The molecule has 0 saturated carbocycles. The Balaban J connectivity index is 2.63. The second kappa shape index (κ2) is 4.74. The van der Waals surface area contributed by atoms with Gasteiger partial charge in [0.05, 0.1) is 5.69 Å². The van der Waals surface area contributed by atoms with Gasteiger partial charge in [0.2, 0.25) is 0 Å². The first-order valence-electron chi connectivity index (χ1n) is 3.56. The number of aromatic amines is 1. The highest BCUT2D eigenvalue weighted by Crippen LogP contribution is 1.92. The number of hydrogen-bond acceptors (Lipinski definition) is 3. The van der Waals surface area contributed by atoms with E-state index >= 15 is 0 Å². The van der Waals surface area contributed by atoms with Crippen LogP contribution in [0.25, 0.3) is 16.5 Å². The molecule has 6 heteroatoms. The van der Waals surface area contributed by atoms with Crippen molar-refractivity contribution in [3.05, 3.63) is 44.7 Å². The molecular weight excluding hydrogens is 170 g/mol. The second-order valence-electron chi connectivity index (χ2n) is 2.16. The first-order chi connectivity index (χ1) is 6.33. The quantitative estimate of drug-likeness (QED) is 0.425. The van der Waals surface area contributed by atoms with Gasteiger partial charge in [-0.05, 0) is 17.7 Å². The maximum Gasteiger partial charge on any atom is 0.264 e. The molecule has 1 rings (SSSR count). The summed E-state index contributed by atoms with van der Waals surface area (Å²) in [6.07, 6.45) is 3.31. The van der Waals surface area contributed by atoms with Gasteiger partial charge in [-0.3, -0.25) is 4.79 Å². The van der Waals surface area contributed by atoms with Crippen molar-refractivity contribution in [2.75, 3.05) is 6.54 Å². The Labute approximate surface area is 73.5 Å². The standard InChI is InChI=1S/C7H7N5O/c8-12-9-5-1-2-6-3-4-7(13)11-10-6/h1-4H,5H2,(H,11,13). The first-order valence-corrected chi connectivity index (χ1v) is 3.56. The van der Waals surface area contributed by atoms with Crippen LogP contribution in [-0.2, 0) is 0 Å². The molecule has 0 spiro atoms. The summed E-state index contributed by atoms with van der Waals surface area (Å²) in [4.78, 5) is 13.2. The number of nitrogens with one attached hydrogen (secondary N) is 1. The van der Waals surface area contributed by atoms with E-state index in [2.05, 4.69) is 20.2 Å². The highest BCUT2D eigenvalue weighted by molar-refractivity contribution is 5.43. The monoisotopic (exact) mass is 177 g/mol. The maximum atomic E-state index is 10.6. The maximum absolute atomic E-state index is 10.6. The third-order valence-electron chi connectivity index (χ3n) is 1.24. The zero-order chi connectivity index (χ0) is 9.52. The molecule has 13 heavy (non-hydrogen) atoms. The Bertz CT molecular complexity index is 381. The largest absolute Gasteiger partial charge is 0.268 e. The lowest BCUT2D eigenvalue weighted by molar-refractivity contribution is 0.976. The van der Waals surface area contributed by atoms with Crippen molar-refractivity contribution < 1.29 is 0 Å². The Morgan fingerprint density at radius 1 is 1.69 bits per heavy atom. The lowest BCUT2D eigenvalue weighted by atomic mass is 10.3. The van der Waals surface area contributed by atoms with Crippen molar-refractivity contribution in [2.24, 2.45) is 5.11 Å². The molecule has 0 amide bonds. The number of nitrogens with zero attached hydrogens (tertiary/aromatic N) is 4. The van der Waals surface area contributed by atoms with E-state index in [1.165, 1.54) is 6.07 Å². The molecule has 1 aromatic heterocycles. The average Bonchev–Trinajstić information content (AvgIpc) is 2.15. The molecular formula is C7H7N5O. The molecule has 1 aromatic rings. The molecule has 6 nitrogen and oxygen atoms in total. The number of rotatable bonds is 3. The molecule has 0 unspecified atom stereocenters. The molecule has 66 valence electrons. The molecule has 0 radical (unpaired) electrons. The van der Waals surface area contributed by atoms with Crippen molar-refractivity contribution in [3.63, 3.8) is 0 Å². The van der Waals surface area contributed by atoms with Crippen LogP contribution >= 0.6 is 0 Å². The molecule has 0 fully saturated rings. The summed E-state index contributed by atoms with van der Waals surface area (Å²) in [5, 5.41) is 9.30. The zero-order valence-corrected chi connectivity index (χ0v) is 6.71. The van der Waals surface area contributed by atoms with E-state index in [4.69, 9.17) is 5.53 Å². The van der Waals surface area contributed by atoms with Crippen LogP contribution in [0.4, 0.5) is 0 Å². The van der Waals surface area contributed by atoms with Crippen molar-refractivity contribution in [2.45, 2.75) is 0 Å². The van der Waals surface area contributed by atoms with Crippen LogP contribution in [0.1, 0.15) is 5.69 Å². The smallest absolute Gasteiger partial charge is 0.264 e. The van der Waals surface area contributed by atoms with Gasteiger partial charge in [0.15, 0.2) is 0 Å². The van der Waals surface area contributed by atoms with Crippen LogP contribution in [0.2, 0.25) is 0 Å². The van der Waals surface area contributed by atoms with Gasteiger partial charge in [-0.1, -0.05) is 11.2 Å². The molecule has 0 atom stereocenters. The van der Waals surface area contributed by atoms with Gasteiger partial charge in [-0.25, -0.2) is 5.10 Å². The third kappa shape index (κ3) is 3.22. The van der Waals surface area contributed by atoms with Crippen LogP contribution < -0.4 is 5.56 Å². The minimum absolute atomic E-state index is 0.243. The van der Waals surface area contributed by atoms with Crippen molar-refractivity contribution in [1.29, 1.82) is 0 Å². The summed E-state index contributed by atoms with van der Waals surface area (Å²) in [7, 11) is 0. The van der Waals surface area contributed by atoms with Crippen LogP contribution in [0, 0.1) is 0 Å². The zero-order valence-electron chi connectivity index (χ0n) is 6.71. The lowest BCUT2D eigenvalue weighted by Gasteiger charge is -1.87. The fourth-order valence-corrected chi connectivity index (χ4v) is 0.705. The van der Waals surface area contributed by atoms with E-state index < -0.39 is 0 Å². The van der Waals surface area contributed by atoms with E-state index in [0.717, 1.165) is 0 Å². The summed E-state index contributed by atoms with van der Waals surface area (Å²) in [5.74, 6) is 0. The Morgan fingerprint density at radius 2 is 2.54 bits per heavy atom. The first kappa shape index (κ1) is 9.02. The predicted molar refractivity (Wildman–Crippen MR) is 47.9 cm³/mol. The van der Waals surface area contributed by atoms with Gasteiger partial charge in [0, 0.05) is 17.5 Å². The van der Waals surface area contributed by atoms with Gasteiger partial charge in [0.1, 0.15) is 0 Å². The Morgan fingerprint density at radius 3 is 3.15 bits per heavy atom. The fraction of sp³-hybridized carbons (Fsp3) is 0.143. The van der Waals surface area contributed by atoms with E-state index in [9.17, 15) is 4.79 Å². The number of H-pyrrole nitrogens is 1. The number of hydrogen-bond donors (Lipinski definition) is 1. The molecule has 0 aromatic carbocycles.